The van der Waals surface area contributed by atoms with Crippen LogP contribution in [-0.2, 0) is 4.79 Å². The van der Waals surface area contributed by atoms with E-state index in [0.717, 1.165) is 29.3 Å². The number of amides is 1. The van der Waals surface area contributed by atoms with Gasteiger partial charge in [-0.2, -0.15) is 0 Å². The number of hydrogen-bond acceptors (Lipinski definition) is 2. The van der Waals surface area contributed by atoms with Crippen LogP contribution < -0.4 is 11.1 Å². The summed E-state index contributed by atoms with van der Waals surface area (Å²) in [6.45, 7) is 1.99. The highest BCUT2D eigenvalue weighted by molar-refractivity contribution is 9.10. The highest BCUT2D eigenvalue weighted by atomic mass is 79.9. The molecule has 98 valence electrons. The van der Waals surface area contributed by atoms with Crippen LogP contribution in [0.3, 0.4) is 0 Å². The summed E-state index contributed by atoms with van der Waals surface area (Å²) in [5.41, 5.74) is 6.91. The van der Waals surface area contributed by atoms with E-state index in [1.165, 1.54) is 0 Å². The molecule has 4 heteroatoms. The van der Waals surface area contributed by atoms with Crippen LogP contribution in [0.25, 0.3) is 0 Å². The predicted octanol–water partition coefficient (Wildman–Crippen LogP) is 2.90. The lowest BCUT2D eigenvalue weighted by Gasteiger charge is -2.37. The number of rotatable bonds is 4. The van der Waals surface area contributed by atoms with E-state index in [9.17, 15) is 4.79 Å². The van der Waals surface area contributed by atoms with Crippen LogP contribution >= 0.6 is 15.9 Å². The van der Waals surface area contributed by atoms with E-state index in [1.807, 2.05) is 31.2 Å². The van der Waals surface area contributed by atoms with Crippen LogP contribution in [0, 0.1) is 0 Å². The summed E-state index contributed by atoms with van der Waals surface area (Å²) in [5.74, 6) is 0.0421. The minimum atomic E-state index is -0.252. The fraction of sp³-hybridized carbons (Fsp3) is 0.500. The zero-order valence-electron chi connectivity index (χ0n) is 10.6. The third-order valence-corrected chi connectivity index (χ3v) is 4.33. The molecule has 18 heavy (non-hydrogen) atoms. The molecule has 0 aliphatic heterocycles. The Bertz CT molecular complexity index is 443. The Hall–Kier alpha value is -0.870. The van der Waals surface area contributed by atoms with E-state index < -0.39 is 0 Å². The lowest BCUT2D eigenvalue weighted by atomic mass is 9.75. The van der Waals surface area contributed by atoms with Gasteiger partial charge in [-0.1, -0.05) is 34.1 Å². The lowest BCUT2D eigenvalue weighted by Crippen LogP contribution is -2.50. The molecule has 3 nitrogen and oxygen atoms in total. The molecule has 3 N–H and O–H groups in total. The lowest BCUT2D eigenvalue weighted by molar-refractivity contribution is -0.123. The number of carbonyl (C=O) groups is 1. The van der Waals surface area contributed by atoms with Gasteiger partial charge in [0.2, 0.25) is 5.91 Å². The molecule has 0 heterocycles. The molecule has 2 rings (SSSR count). The van der Waals surface area contributed by atoms with E-state index in [0.29, 0.717) is 6.42 Å². The van der Waals surface area contributed by atoms with Crippen molar-refractivity contribution in [2.45, 2.75) is 44.2 Å². The summed E-state index contributed by atoms with van der Waals surface area (Å²) < 4.78 is 1.02. The van der Waals surface area contributed by atoms with Gasteiger partial charge in [0.05, 0.1) is 6.04 Å². The Balaban J connectivity index is 1.93. The zero-order chi connectivity index (χ0) is 13.2. The van der Waals surface area contributed by atoms with Crippen LogP contribution in [0.2, 0.25) is 0 Å². The van der Waals surface area contributed by atoms with E-state index in [2.05, 4.69) is 21.2 Å². The molecule has 0 aromatic heterocycles. The summed E-state index contributed by atoms with van der Waals surface area (Å²) in [6, 6.07) is 7.92. The summed E-state index contributed by atoms with van der Waals surface area (Å²) >= 11 is 3.50. The molecular formula is C14H19BrN2O. The van der Waals surface area contributed by atoms with Gasteiger partial charge in [-0.15, -0.1) is 0 Å². The molecule has 1 aromatic rings. The summed E-state index contributed by atoms with van der Waals surface area (Å²) in [5, 5.41) is 3.01. The molecule has 1 fully saturated rings. The molecule has 1 saturated carbocycles. The second-order valence-electron chi connectivity index (χ2n) is 5.20. The van der Waals surface area contributed by atoms with Crippen molar-refractivity contribution in [2.75, 3.05) is 0 Å². The van der Waals surface area contributed by atoms with Crippen molar-refractivity contribution < 1.29 is 4.79 Å². The van der Waals surface area contributed by atoms with Crippen molar-refractivity contribution in [3.63, 3.8) is 0 Å². The second kappa shape index (κ2) is 5.41. The highest BCUT2D eigenvalue weighted by Gasteiger charge is 2.34. The molecule has 1 aliphatic carbocycles. The highest BCUT2D eigenvalue weighted by Crippen LogP contribution is 2.32. The number of nitrogens with one attached hydrogen (secondary N) is 1. The van der Waals surface area contributed by atoms with Crippen molar-refractivity contribution in [2.24, 2.45) is 5.73 Å². The molecule has 0 radical (unpaired) electrons. The van der Waals surface area contributed by atoms with Crippen molar-refractivity contribution in [1.29, 1.82) is 0 Å². The number of hydrogen-bond donors (Lipinski definition) is 2. The van der Waals surface area contributed by atoms with Crippen molar-refractivity contribution in [3.05, 3.63) is 34.3 Å². The molecule has 1 unspecified atom stereocenters. The van der Waals surface area contributed by atoms with Gasteiger partial charge in [0, 0.05) is 16.4 Å². The first kappa shape index (κ1) is 13.6. The van der Waals surface area contributed by atoms with Gasteiger partial charge in [-0.3, -0.25) is 4.79 Å². The topological polar surface area (TPSA) is 55.1 Å². The third kappa shape index (κ3) is 3.12. The molecule has 1 aromatic carbocycles. The number of benzene rings is 1. The normalized spacial score (nSPS) is 18.8. The third-order valence-electron chi connectivity index (χ3n) is 3.61. The standard InChI is InChI=1S/C14H19BrN2O/c1-10(11-5-2-3-6-12(11)15)17-13(18)9-14(16)7-4-8-14/h2-3,5-6,10H,4,7-9,16H2,1H3,(H,17,18). The molecule has 1 amide bonds. The molecule has 1 atom stereocenters. The molecule has 0 bridgehead atoms. The SMILES string of the molecule is CC(NC(=O)CC1(N)CCC1)c1ccccc1Br. The maximum atomic E-state index is 11.9. The van der Waals surface area contributed by atoms with Crippen molar-refractivity contribution >= 4 is 21.8 Å². The minimum absolute atomic E-state index is 0.00301. The molecule has 0 spiro atoms. The number of halogens is 1. The van der Waals surface area contributed by atoms with E-state index >= 15 is 0 Å². The Morgan fingerprint density at radius 3 is 2.72 bits per heavy atom. The van der Waals surface area contributed by atoms with Gasteiger partial charge in [0.15, 0.2) is 0 Å². The van der Waals surface area contributed by atoms with Crippen molar-refractivity contribution in [3.8, 4) is 0 Å². The largest absolute Gasteiger partial charge is 0.349 e. The fourth-order valence-electron chi connectivity index (χ4n) is 2.32. The van der Waals surface area contributed by atoms with Gasteiger partial charge in [0.25, 0.3) is 0 Å². The molecular weight excluding hydrogens is 292 g/mol. The number of carbonyl (C=O) groups excluding carboxylic acids is 1. The van der Waals surface area contributed by atoms with Crippen LogP contribution in [0.15, 0.2) is 28.7 Å². The summed E-state index contributed by atoms with van der Waals surface area (Å²) in [7, 11) is 0. The number of nitrogens with two attached hydrogens (primary N) is 1. The first-order valence-electron chi connectivity index (χ1n) is 6.33. The maximum Gasteiger partial charge on any atom is 0.222 e. The van der Waals surface area contributed by atoms with Gasteiger partial charge < -0.3 is 11.1 Å². The fourth-order valence-corrected chi connectivity index (χ4v) is 2.95. The molecule has 1 aliphatic rings. The monoisotopic (exact) mass is 310 g/mol. The Labute approximate surface area is 116 Å². The van der Waals surface area contributed by atoms with Crippen LogP contribution in [0.5, 0.6) is 0 Å². The summed E-state index contributed by atoms with van der Waals surface area (Å²) in [4.78, 5) is 11.9. The summed E-state index contributed by atoms with van der Waals surface area (Å²) in [6.07, 6.45) is 3.50. The Kier molecular flexibility index (Phi) is 4.07. The minimum Gasteiger partial charge on any atom is -0.349 e. The van der Waals surface area contributed by atoms with E-state index in [-0.39, 0.29) is 17.5 Å². The zero-order valence-corrected chi connectivity index (χ0v) is 12.2. The smallest absolute Gasteiger partial charge is 0.222 e. The Morgan fingerprint density at radius 2 is 2.17 bits per heavy atom. The molecule has 0 saturated heterocycles. The van der Waals surface area contributed by atoms with Crippen LogP contribution in [0.1, 0.15) is 44.2 Å². The van der Waals surface area contributed by atoms with Crippen LogP contribution in [-0.4, -0.2) is 11.4 Å². The van der Waals surface area contributed by atoms with E-state index in [1.54, 1.807) is 0 Å². The van der Waals surface area contributed by atoms with Gasteiger partial charge in [-0.05, 0) is 37.8 Å². The predicted molar refractivity (Wildman–Crippen MR) is 76.1 cm³/mol. The van der Waals surface area contributed by atoms with Gasteiger partial charge in [0.1, 0.15) is 0 Å². The van der Waals surface area contributed by atoms with Gasteiger partial charge >= 0.3 is 0 Å². The average Bonchev–Trinajstić information content (AvgIpc) is 2.27. The quantitative estimate of drug-likeness (QED) is 0.898. The second-order valence-corrected chi connectivity index (χ2v) is 6.06. The first-order valence-corrected chi connectivity index (χ1v) is 7.12. The Morgan fingerprint density at radius 1 is 1.50 bits per heavy atom. The van der Waals surface area contributed by atoms with Gasteiger partial charge in [-0.25, -0.2) is 0 Å². The first-order chi connectivity index (χ1) is 8.50. The van der Waals surface area contributed by atoms with E-state index in [4.69, 9.17) is 5.73 Å². The average molecular weight is 311 g/mol. The van der Waals surface area contributed by atoms with Crippen molar-refractivity contribution in [1.82, 2.24) is 5.32 Å². The maximum absolute atomic E-state index is 11.9. The van der Waals surface area contributed by atoms with Crippen LogP contribution in [0.4, 0.5) is 0 Å².